The number of rotatable bonds is 5. The number of aryl methyl sites for hydroxylation is 1. The highest BCUT2D eigenvalue weighted by molar-refractivity contribution is 6.47. The number of nitrogens with one attached hydrogen (secondary N) is 1. The van der Waals surface area contributed by atoms with E-state index in [9.17, 15) is 9.59 Å². The number of para-hydroxylation sites is 1. The lowest BCUT2D eigenvalue weighted by Gasteiger charge is -2.38. The van der Waals surface area contributed by atoms with Crippen LogP contribution in [0.15, 0.2) is 53.5 Å². The normalized spacial score (nSPS) is 17.7. The monoisotopic (exact) mass is 405 g/mol. The van der Waals surface area contributed by atoms with Crippen molar-refractivity contribution in [3.63, 3.8) is 0 Å². The van der Waals surface area contributed by atoms with Crippen LogP contribution in [0.5, 0.6) is 5.75 Å². The lowest BCUT2D eigenvalue weighted by atomic mass is 9.88. The molecule has 1 saturated carbocycles. The highest BCUT2D eigenvalue weighted by Crippen LogP contribution is 2.39. The second kappa shape index (κ2) is 8.30. The van der Waals surface area contributed by atoms with Crippen LogP contribution in [0.4, 0.5) is 5.69 Å². The lowest BCUT2D eigenvalue weighted by molar-refractivity contribution is -0.134. The van der Waals surface area contributed by atoms with Gasteiger partial charge in [-0.2, -0.15) is 0 Å². The van der Waals surface area contributed by atoms with E-state index in [4.69, 9.17) is 9.73 Å². The first-order valence-electron chi connectivity index (χ1n) is 10.4. The van der Waals surface area contributed by atoms with Gasteiger partial charge in [-0.3, -0.25) is 14.6 Å². The van der Waals surface area contributed by atoms with Crippen LogP contribution in [-0.2, 0) is 9.59 Å². The van der Waals surface area contributed by atoms with Crippen LogP contribution in [0.3, 0.4) is 0 Å². The largest absolute Gasteiger partial charge is 0.497 e. The van der Waals surface area contributed by atoms with E-state index in [-0.39, 0.29) is 18.4 Å². The van der Waals surface area contributed by atoms with Crippen molar-refractivity contribution in [2.24, 2.45) is 4.99 Å². The molecule has 2 aromatic carbocycles. The molecule has 2 aromatic rings. The molecule has 6 nitrogen and oxygen atoms in total. The van der Waals surface area contributed by atoms with E-state index in [1.165, 1.54) is 0 Å². The van der Waals surface area contributed by atoms with Gasteiger partial charge >= 0.3 is 0 Å². The molecule has 0 aromatic heterocycles. The van der Waals surface area contributed by atoms with Gasteiger partial charge in [0.2, 0.25) is 5.91 Å². The number of hydrogen-bond donors (Lipinski definition) is 1. The number of nitrogens with zero attached hydrogens (tertiary/aromatic N) is 2. The summed E-state index contributed by atoms with van der Waals surface area (Å²) in [5, 5.41) is 2.95. The van der Waals surface area contributed by atoms with E-state index in [1.807, 2.05) is 55.5 Å². The summed E-state index contributed by atoms with van der Waals surface area (Å²) in [6, 6.07) is 15.0. The van der Waals surface area contributed by atoms with Crippen molar-refractivity contribution in [1.29, 1.82) is 0 Å². The molecule has 1 aliphatic heterocycles. The minimum atomic E-state index is -0.617. The number of aliphatic imine (C=N–C) groups is 1. The van der Waals surface area contributed by atoms with E-state index >= 15 is 0 Å². The van der Waals surface area contributed by atoms with Gasteiger partial charge in [0.25, 0.3) is 5.91 Å². The van der Waals surface area contributed by atoms with Gasteiger partial charge in [0, 0.05) is 11.3 Å². The summed E-state index contributed by atoms with van der Waals surface area (Å²) >= 11 is 0. The maximum absolute atomic E-state index is 13.4. The van der Waals surface area contributed by atoms with Crippen molar-refractivity contribution in [2.45, 2.75) is 44.7 Å². The first-order chi connectivity index (χ1) is 14.5. The molecular formula is C24H27N3O3. The molecule has 1 spiro atoms. The number of carbonyl (C=O) groups is 2. The Morgan fingerprint density at radius 2 is 1.80 bits per heavy atom. The minimum Gasteiger partial charge on any atom is -0.497 e. The molecule has 4 rings (SSSR count). The van der Waals surface area contributed by atoms with Crippen LogP contribution >= 0.6 is 0 Å². The molecule has 2 amide bonds. The Morgan fingerprint density at radius 3 is 2.47 bits per heavy atom. The number of ether oxygens (including phenoxy) is 1. The van der Waals surface area contributed by atoms with Gasteiger partial charge in [-0.05, 0) is 68.5 Å². The molecule has 156 valence electrons. The zero-order chi connectivity index (χ0) is 21.1. The molecule has 1 aliphatic carbocycles. The second-order valence-electron chi connectivity index (χ2n) is 7.99. The van der Waals surface area contributed by atoms with Crippen molar-refractivity contribution in [2.75, 3.05) is 19.0 Å². The molecular weight excluding hydrogens is 378 g/mol. The first kappa shape index (κ1) is 20.1. The zero-order valence-electron chi connectivity index (χ0n) is 17.5. The van der Waals surface area contributed by atoms with Gasteiger partial charge in [-0.1, -0.05) is 24.6 Å². The number of carbonyl (C=O) groups excluding carboxylic acids is 2. The molecule has 0 atom stereocenters. The topological polar surface area (TPSA) is 71.0 Å². The Labute approximate surface area is 176 Å². The summed E-state index contributed by atoms with van der Waals surface area (Å²) in [5.74, 6) is 0.349. The van der Waals surface area contributed by atoms with Crippen molar-refractivity contribution in [3.05, 3.63) is 59.7 Å². The summed E-state index contributed by atoms with van der Waals surface area (Å²) in [6.07, 6.45) is 4.71. The number of methoxy groups -OCH3 is 1. The smallest absolute Gasteiger partial charge is 0.275 e. The lowest BCUT2D eigenvalue weighted by Crippen LogP contribution is -2.51. The number of hydrogen-bond acceptors (Lipinski definition) is 4. The van der Waals surface area contributed by atoms with Crippen molar-refractivity contribution >= 4 is 23.2 Å². The summed E-state index contributed by atoms with van der Waals surface area (Å²) < 4.78 is 5.22. The van der Waals surface area contributed by atoms with Crippen LogP contribution in [0.1, 0.15) is 43.2 Å². The van der Waals surface area contributed by atoms with Gasteiger partial charge < -0.3 is 15.0 Å². The molecule has 6 heteroatoms. The Balaban J connectivity index is 1.59. The number of anilines is 1. The van der Waals surface area contributed by atoms with E-state index in [1.54, 1.807) is 12.0 Å². The average Bonchev–Trinajstić information content (AvgIpc) is 3.02. The summed E-state index contributed by atoms with van der Waals surface area (Å²) in [5.41, 5.74) is 2.33. The molecule has 2 aliphatic rings. The van der Waals surface area contributed by atoms with Gasteiger partial charge in [-0.15, -0.1) is 0 Å². The highest BCUT2D eigenvalue weighted by Gasteiger charge is 2.48. The molecule has 1 heterocycles. The van der Waals surface area contributed by atoms with Gasteiger partial charge in [0.15, 0.2) is 0 Å². The van der Waals surface area contributed by atoms with E-state index < -0.39 is 5.66 Å². The fraction of sp³-hybridized carbons (Fsp3) is 0.375. The van der Waals surface area contributed by atoms with Crippen molar-refractivity contribution in [1.82, 2.24) is 4.90 Å². The maximum Gasteiger partial charge on any atom is 0.275 e. The fourth-order valence-electron chi connectivity index (χ4n) is 4.34. The fourth-order valence-corrected chi connectivity index (χ4v) is 4.34. The zero-order valence-corrected chi connectivity index (χ0v) is 17.5. The standard InChI is InChI=1S/C24H27N3O3/c1-17-8-4-5-9-20(17)25-21(28)16-27-23(29)22(18-10-12-19(30-2)13-11-18)26-24(27)14-6-3-7-15-24/h4-5,8-13H,3,6-7,14-16H2,1-2H3,(H,25,28). The van der Waals surface area contributed by atoms with Crippen LogP contribution < -0.4 is 10.1 Å². The second-order valence-corrected chi connectivity index (χ2v) is 7.99. The van der Waals surface area contributed by atoms with Gasteiger partial charge in [0.1, 0.15) is 23.7 Å². The quantitative estimate of drug-likeness (QED) is 0.819. The van der Waals surface area contributed by atoms with E-state index in [0.717, 1.165) is 54.7 Å². The predicted octanol–water partition coefficient (Wildman–Crippen LogP) is 3.93. The van der Waals surface area contributed by atoms with Gasteiger partial charge in [-0.25, -0.2) is 0 Å². The van der Waals surface area contributed by atoms with Crippen LogP contribution in [-0.4, -0.2) is 41.7 Å². The highest BCUT2D eigenvalue weighted by atomic mass is 16.5. The number of benzene rings is 2. The van der Waals surface area contributed by atoms with E-state index in [2.05, 4.69) is 5.32 Å². The Kier molecular flexibility index (Phi) is 5.57. The van der Waals surface area contributed by atoms with E-state index in [0.29, 0.717) is 5.71 Å². The minimum absolute atomic E-state index is 0.00365. The predicted molar refractivity (Wildman–Crippen MR) is 117 cm³/mol. The van der Waals surface area contributed by atoms with Crippen molar-refractivity contribution < 1.29 is 14.3 Å². The molecule has 30 heavy (non-hydrogen) atoms. The Morgan fingerprint density at radius 1 is 1.10 bits per heavy atom. The average molecular weight is 405 g/mol. The van der Waals surface area contributed by atoms with Crippen LogP contribution in [0.2, 0.25) is 0 Å². The summed E-state index contributed by atoms with van der Waals surface area (Å²) in [6.45, 7) is 1.94. The van der Waals surface area contributed by atoms with Gasteiger partial charge in [0.05, 0.1) is 7.11 Å². The van der Waals surface area contributed by atoms with Crippen LogP contribution in [0.25, 0.3) is 0 Å². The third-order valence-corrected chi connectivity index (χ3v) is 6.01. The third kappa shape index (κ3) is 3.82. The molecule has 1 N–H and O–H groups in total. The Hall–Kier alpha value is -3.15. The molecule has 1 fully saturated rings. The third-order valence-electron chi connectivity index (χ3n) is 6.01. The molecule has 0 unspecified atom stereocenters. The molecule has 0 radical (unpaired) electrons. The maximum atomic E-state index is 13.4. The summed E-state index contributed by atoms with van der Waals surface area (Å²) in [4.78, 5) is 32.8. The van der Waals surface area contributed by atoms with Crippen LogP contribution in [0, 0.1) is 6.92 Å². The molecule has 0 saturated heterocycles. The molecule has 0 bridgehead atoms. The van der Waals surface area contributed by atoms with Crippen molar-refractivity contribution in [3.8, 4) is 5.75 Å². The first-order valence-corrected chi connectivity index (χ1v) is 10.4. The Bertz CT molecular complexity index is 975. The summed E-state index contributed by atoms with van der Waals surface area (Å²) in [7, 11) is 1.61. The number of amides is 2. The SMILES string of the molecule is COc1ccc(C2=NC3(CCCCC3)N(CC(=O)Nc3ccccc3C)C2=O)cc1.